The topological polar surface area (TPSA) is 98.1 Å². The van der Waals surface area contributed by atoms with Crippen LogP contribution in [-0.2, 0) is 20.5 Å². The first-order valence-electron chi connectivity index (χ1n) is 10.7. The first kappa shape index (κ1) is 22.2. The van der Waals surface area contributed by atoms with Crippen molar-refractivity contribution in [3.8, 4) is 23.3 Å². The number of morpholine rings is 1. The third kappa shape index (κ3) is 3.76. The minimum atomic E-state index is -3.70. The van der Waals surface area contributed by atoms with E-state index < -0.39 is 15.8 Å². The van der Waals surface area contributed by atoms with Gasteiger partial charge in [0.2, 0.25) is 10.0 Å². The molecule has 0 spiro atoms. The molecule has 1 atom stereocenters. The zero-order valence-electron chi connectivity index (χ0n) is 18.4. The second kappa shape index (κ2) is 8.65. The van der Waals surface area contributed by atoms with E-state index >= 15 is 0 Å². The van der Waals surface area contributed by atoms with E-state index in [2.05, 4.69) is 6.07 Å². The molecular formula is C25H22N2O6S. The highest BCUT2D eigenvalue weighted by Crippen LogP contribution is 2.48. The molecule has 0 amide bonds. The molecule has 3 aromatic carbocycles. The van der Waals surface area contributed by atoms with Gasteiger partial charge in [0, 0.05) is 30.3 Å². The Hall–Kier alpha value is -3.58. The molecule has 0 bridgehead atoms. The van der Waals surface area contributed by atoms with Gasteiger partial charge in [0.05, 0.1) is 36.9 Å². The summed E-state index contributed by atoms with van der Waals surface area (Å²) in [5.41, 5.74) is 1.85. The van der Waals surface area contributed by atoms with Gasteiger partial charge in [-0.1, -0.05) is 0 Å². The Morgan fingerprint density at radius 3 is 2.15 bits per heavy atom. The van der Waals surface area contributed by atoms with E-state index in [4.69, 9.17) is 18.9 Å². The van der Waals surface area contributed by atoms with E-state index in [1.165, 1.54) is 16.4 Å². The molecule has 0 aromatic heterocycles. The number of benzene rings is 3. The van der Waals surface area contributed by atoms with Crippen molar-refractivity contribution < 1.29 is 27.4 Å². The van der Waals surface area contributed by atoms with Crippen LogP contribution in [0.3, 0.4) is 0 Å². The molecule has 1 unspecified atom stereocenters. The van der Waals surface area contributed by atoms with E-state index in [9.17, 15) is 13.7 Å². The van der Waals surface area contributed by atoms with Gasteiger partial charge in [-0.05, 0) is 60.7 Å². The van der Waals surface area contributed by atoms with Crippen molar-refractivity contribution in [2.24, 2.45) is 0 Å². The number of sulfonamides is 1. The standard InChI is InChI=1S/C25H22N2O6S/c1-30-21-8-6-20(7-9-21)25(19-4-2-18(17-26)3-5-19)32-23-11-10-22(16-24(23)33-25)34(28,29)27-12-14-31-15-13-27/h2-11,16H,12-15H2,1H3. The Labute approximate surface area is 197 Å². The van der Waals surface area contributed by atoms with E-state index in [0.29, 0.717) is 60.2 Å². The highest BCUT2D eigenvalue weighted by molar-refractivity contribution is 7.89. The number of fused-ring (bicyclic) bond motifs is 1. The molecule has 0 aliphatic carbocycles. The third-order valence-corrected chi connectivity index (χ3v) is 7.79. The number of hydrogen-bond donors (Lipinski definition) is 0. The summed E-state index contributed by atoms with van der Waals surface area (Å²) < 4.78 is 51.0. The van der Waals surface area contributed by atoms with Gasteiger partial charge in [-0.2, -0.15) is 9.57 Å². The molecule has 9 heteroatoms. The van der Waals surface area contributed by atoms with Crippen molar-refractivity contribution in [1.82, 2.24) is 4.31 Å². The van der Waals surface area contributed by atoms with Crippen LogP contribution in [-0.4, -0.2) is 46.1 Å². The Morgan fingerprint density at radius 2 is 1.53 bits per heavy atom. The smallest absolute Gasteiger partial charge is 0.305 e. The van der Waals surface area contributed by atoms with Crippen molar-refractivity contribution in [1.29, 1.82) is 5.26 Å². The van der Waals surface area contributed by atoms with Crippen molar-refractivity contribution >= 4 is 10.0 Å². The maximum atomic E-state index is 13.2. The number of rotatable bonds is 5. The van der Waals surface area contributed by atoms with Gasteiger partial charge in [-0.15, -0.1) is 0 Å². The van der Waals surface area contributed by atoms with Gasteiger partial charge in [0.25, 0.3) is 0 Å². The first-order chi connectivity index (χ1) is 16.5. The lowest BCUT2D eigenvalue weighted by Gasteiger charge is -2.28. The molecule has 34 heavy (non-hydrogen) atoms. The number of nitriles is 1. The summed E-state index contributed by atoms with van der Waals surface area (Å²) in [5, 5.41) is 9.19. The maximum Gasteiger partial charge on any atom is 0.305 e. The van der Waals surface area contributed by atoms with Crippen LogP contribution in [0, 0.1) is 11.3 Å². The lowest BCUT2D eigenvalue weighted by molar-refractivity contribution is -0.0459. The SMILES string of the molecule is COc1ccc(C2(c3ccc(C#N)cc3)Oc3ccc(S(=O)(=O)N4CCOCC4)cc3O2)cc1. The van der Waals surface area contributed by atoms with Crippen LogP contribution < -0.4 is 14.2 Å². The fraction of sp³-hybridized carbons (Fsp3) is 0.240. The van der Waals surface area contributed by atoms with Crippen LogP contribution in [0.15, 0.2) is 71.6 Å². The molecule has 1 fully saturated rings. The Morgan fingerprint density at radius 1 is 0.912 bits per heavy atom. The molecule has 2 aliphatic rings. The molecule has 5 rings (SSSR count). The summed E-state index contributed by atoms with van der Waals surface area (Å²) in [5.74, 6) is 0.0490. The maximum absolute atomic E-state index is 13.2. The van der Waals surface area contributed by atoms with Gasteiger partial charge < -0.3 is 18.9 Å². The van der Waals surface area contributed by atoms with E-state index in [1.54, 1.807) is 49.6 Å². The lowest BCUT2D eigenvalue weighted by atomic mass is 9.96. The summed E-state index contributed by atoms with van der Waals surface area (Å²) in [4.78, 5) is 0.127. The summed E-state index contributed by atoms with van der Waals surface area (Å²) >= 11 is 0. The minimum Gasteiger partial charge on any atom is -0.497 e. The molecule has 0 radical (unpaired) electrons. The molecule has 2 heterocycles. The average molecular weight is 479 g/mol. The molecule has 3 aromatic rings. The second-order valence-electron chi connectivity index (χ2n) is 7.86. The normalized spacial score (nSPS) is 20.0. The number of methoxy groups -OCH3 is 1. The van der Waals surface area contributed by atoms with Crippen molar-refractivity contribution in [2.75, 3.05) is 33.4 Å². The largest absolute Gasteiger partial charge is 0.497 e. The molecule has 0 saturated carbocycles. The minimum absolute atomic E-state index is 0.127. The molecule has 1 saturated heterocycles. The molecule has 2 aliphatic heterocycles. The van der Waals surface area contributed by atoms with Crippen molar-refractivity contribution in [3.63, 3.8) is 0 Å². The predicted molar refractivity (Wildman–Crippen MR) is 122 cm³/mol. The molecule has 174 valence electrons. The Bertz CT molecular complexity index is 1340. The van der Waals surface area contributed by atoms with Gasteiger partial charge in [0.15, 0.2) is 11.5 Å². The van der Waals surface area contributed by atoms with Crippen molar-refractivity contribution in [3.05, 3.63) is 83.4 Å². The van der Waals surface area contributed by atoms with Gasteiger partial charge in [-0.25, -0.2) is 8.42 Å². The van der Waals surface area contributed by atoms with E-state index in [-0.39, 0.29) is 4.90 Å². The first-order valence-corrected chi connectivity index (χ1v) is 12.2. The summed E-state index contributed by atoms with van der Waals surface area (Å²) in [6, 6.07) is 20.9. The van der Waals surface area contributed by atoms with Crippen LogP contribution in [0.5, 0.6) is 17.2 Å². The Kier molecular flexibility index (Phi) is 5.65. The van der Waals surface area contributed by atoms with Crippen LogP contribution in [0.25, 0.3) is 0 Å². The highest BCUT2D eigenvalue weighted by atomic mass is 32.2. The zero-order chi connectivity index (χ0) is 23.8. The summed E-state index contributed by atoms with van der Waals surface area (Å²) in [6.07, 6.45) is 0. The second-order valence-corrected chi connectivity index (χ2v) is 9.80. The molecular weight excluding hydrogens is 456 g/mol. The number of hydrogen-bond acceptors (Lipinski definition) is 7. The number of nitrogens with zero attached hydrogens (tertiary/aromatic N) is 2. The summed E-state index contributed by atoms with van der Waals surface area (Å²) in [6.45, 7) is 1.34. The monoisotopic (exact) mass is 478 g/mol. The van der Waals surface area contributed by atoms with Crippen LogP contribution in [0.1, 0.15) is 16.7 Å². The lowest BCUT2D eigenvalue weighted by Crippen LogP contribution is -2.40. The zero-order valence-corrected chi connectivity index (χ0v) is 19.2. The quantitative estimate of drug-likeness (QED) is 0.555. The van der Waals surface area contributed by atoms with Gasteiger partial charge in [-0.3, -0.25) is 0 Å². The van der Waals surface area contributed by atoms with Gasteiger partial charge >= 0.3 is 5.79 Å². The highest BCUT2D eigenvalue weighted by Gasteiger charge is 2.46. The molecule has 8 nitrogen and oxygen atoms in total. The van der Waals surface area contributed by atoms with Crippen LogP contribution in [0.2, 0.25) is 0 Å². The van der Waals surface area contributed by atoms with E-state index in [1.807, 2.05) is 12.1 Å². The fourth-order valence-electron chi connectivity index (χ4n) is 4.06. The number of ether oxygens (including phenoxy) is 4. The predicted octanol–water partition coefficient (Wildman–Crippen LogP) is 3.26. The van der Waals surface area contributed by atoms with Gasteiger partial charge in [0.1, 0.15) is 5.75 Å². The van der Waals surface area contributed by atoms with Crippen LogP contribution >= 0.6 is 0 Å². The third-order valence-electron chi connectivity index (χ3n) is 5.89. The van der Waals surface area contributed by atoms with E-state index in [0.717, 1.165) is 0 Å². The van der Waals surface area contributed by atoms with Crippen molar-refractivity contribution in [2.45, 2.75) is 10.7 Å². The Balaban J connectivity index is 1.56. The fourth-order valence-corrected chi connectivity index (χ4v) is 5.48. The summed E-state index contributed by atoms with van der Waals surface area (Å²) in [7, 11) is -2.12. The van der Waals surface area contributed by atoms with Crippen LogP contribution in [0.4, 0.5) is 0 Å². The average Bonchev–Trinajstić information content (AvgIpc) is 3.29. The molecule has 0 N–H and O–H groups in total.